The van der Waals surface area contributed by atoms with Crippen LogP contribution < -0.4 is 15.2 Å². The zero-order valence-corrected chi connectivity index (χ0v) is 13.5. The summed E-state index contributed by atoms with van der Waals surface area (Å²) in [4.78, 5) is 2.38. The molecule has 0 bridgehead atoms. The summed E-state index contributed by atoms with van der Waals surface area (Å²) < 4.78 is 11.1. The highest BCUT2D eigenvalue weighted by Crippen LogP contribution is 2.30. The van der Waals surface area contributed by atoms with Gasteiger partial charge in [-0.05, 0) is 57.0 Å². The molecule has 0 spiro atoms. The van der Waals surface area contributed by atoms with Crippen molar-refractivity contribution in [2.45, 2.75) is 45.2 Å². The first-order valence-corrected chi connectivity index (χ1v) is 7.90. The van der Waals surface area contributed by atoms with Gasteiger partial charge in [0.25, 0.3) is 0 Å². The molecule has 1 heterocycles. The lowest BCUT2D eigenvalue weighted by Crippen LogP contribution is -2.53. The van der Waals surface area contributed by atoms with Crippen LogP contribution in [0.25, 0.3) is 0 Å². The lowest BCUT2D eigenvalue weighted by Gasteiger charge is -2.35. The Kier molecular flexibility index (Phi) is 5.48. The molecule has 118 valence electrons. The van der Waals surface area contributed by atoms with E-state index in [0.717, 1.165) is 37.4 Å². The largest absolute Gasteiger partial charge is 0.493 e. The molecule has 1 aliphatic heterocycles. The SMILES string of the molecule is CCCOc1ccc(CC(C)(N)N2CCCC2)cc1OC. The average molecular weight is 292 g/mol. The third-order valence-corrected chi connectivity index (χ3v) is 4.08. The van der Waals surface area contributed by atoms with Gasteiger partial charge in [0.15, 0.2) is 11.5 Å². The van der Waals surface area contributed by atoms with Gasteiger partial charge in [-0.25, -0.2) is 0 Å². The van der Waals surface area contributed by atoms with E-state index in [1.807, 2.05) is 12.1 Å². The van der Waals surface area contributed by atoms with Crippen LogP contribution in [0.2, 0.25) is 0 Å². The molecule has 4 heteroatoms. The number of nitrogens with zero attached hydrogens (tertiary/aromatic N) is 1. The Hall–Kier alpha value is -1.26. The van der Waals surface area contributed by atoms with Crippen molar-refractivity contribution >= 4 is 0 Å². The van der Waals surface area contributed by atoms with E-state index in [1.165, 1.54) is 18.4 Å². The van der Waals surface area contributed by atoms with Gasteiger partial charge < -0.3 is 15.2 Å². The normalized spacial score (nSPS) is 18.5. The fourth-order valence-corrected chi connectivity index (χ4v) is 2.91. The molecule has 1 aromatic rings. The minimum absolute atomic E-state index is 0.298. The van der Waals surface area contributed by atoms with Gasteiger partial charge in [0, 0.05) is 6.42 Å². The van der Waals surface area contributed by atoms with Crippen molar-refractivity contribution in [1.29, 1.82) is 0 Å². The molecule has 0 amide bonds. The lowest BCUT2D eigenvalue weighted by molar-refractivity contribution is 0.141. The summed E-state index contributed by atoms with van der Waals surface area (Å²) in [6, 6.07) is 6.13. The van der Waals surface area contributed by atoms with Crippen LogP contribution in [0.1, 0.15) is 38.7 Å². The Balaban J connectivity index is 2.09. The van der Waals surface area contributed by atoms with Gasteiger partial charge in [-0.3, -0.25) is 4.90 Å². The Labute approximate surface area is 128 Å². The van der Waals surface area contributed by atoms with Crippen LogP contribution in [0.4, 0.5) is 0 Å². The van der Waals surface area contributed by atoms with Gasteiger partial charge in [-0.15, -0.1) is 0 Å². The minimum atomic E-state index is -0.298. The zero-order chi connectivity index (χ0) is 15.3. The van der Waals surface area contributed by atoms with Crippen molar-refractivity contribution in [2.75, 3.05) is 26.8 Å². The highest BCUT2D eigenvalue weighted by molar-refractivity contribution is 5.43. The molecule has 1 saturated heterocycles. The molecular weight excluding hydrogens is 264 g/mol. The van der Waals surface area contributed by atoms with E-state index in [0.29, 0.717) is 6.61 Å². The maximum absolute atomic E-state index is 6.52. The first-order chi connectivity index (χ1) is 10.1. The molecule has 2 N–H and O–H groups in total. The standard InChI is InChI=1S/C17H28N2O2/c1-4-11-21-15-8-7-14(12-16(15)20-3)13-17(2,18)19-9-5-6-10-19/h7-8,12H,4-6,9-11,13,18H2,1-3H3. The molecule has 21 heavy (non-hydrogen) atoms. The second-order valence-corrected chi connectivity index (χ2v) is 6.06. The first kappa shape index (κ1) is 16.1. The van der Waals surface area contributed by atoms with Crippen LogP contribution in [0.3, 0.4) is 0 Å². The quantitative estimate of drug-likeness (QED) is 0.839. The van der Waals surface area contributed by atoms with E-state index < -0.39 is 0 Å². The van der Waals surface area contributed by atoms with Crippen molar-refractivity contribution in [1.82, 2.24) is 4.90 Å². The van der Waals surface area contributed by atoms with Gasteiger partial charge in [0.2, 0.25) is 0 Å². The Bertz CT molecular complexity index is 454. The summed E-state index contributed by atoms with van der Waals surface area (Å²) in [7, 11) is 1.68. The Morgan fingerprint density at radius 2 is 1.95 bits per heavy atom. The summed E-state index contributed by atoms with van der Waals surface area (Å²) in [6.07, 6.45) is 4.30. The van der Waals surface area contributed by atoms with Gasteiger partial charge >= 0.3 is 0 Å². The second kappa shape index (κ2) is 7.14. The van der Waals surface area contributed by atoms with E-state index in [-0.39, 0.29) is 5.66 Å². The van der Waals surface area contributed by atoms with E-state index in [4.69, 9.17) is 15.2 Å². The van der Waals surface area contributed by atoms with Crippen LogP contribution in [0, 0.1) is 0 Å². The summed E-state index contributed by atoms with van der Waals surface area (Å²) in [5.74, 6) is 1.60. The maximum atomic E-state index is 6.52. The third-order valence-electron chi connectivity index (χ3n) is 4.08. The second-order valence-electron chi connectivity index (χ2n) is 6.06. The van der Waals surface area contributed by atoms with E-state index in [2.05, 4.69) is 24.8 Å². The predicted octanol–water partition coefficient (Wildman–Crippen LogP) is 2.80. The number of nitrogens with two attached hydrogens (primary N) is 1. The molecule has 0 saturated carbocycles. The topological polar surface area (TPSA) is 47.7 Å². The van der Waals surface area contributed by atoms with Crippen LogP contribution in [-0.2, 0) is 6.42 Å². The number of hydrogen-bond acceptors (Lipinski definition) is 4. The maximum Gasteiger partial charge on any atom is 0.161 e. The van der Waals surface area contributed by atoms with Crippen LogP contribution in [0.15, 0.2) is 18.2 Å². The number of hydrogen-bond donors (Lipinski definition) is 1. The van der Waals surface area contributed by atoms with Crippen molar-refractivity contribution in [3.05, 3.63) is 23.8 Å². The minimum Gasteiger partial charge on any atom is -0.493 e. The Morgan fingerprint density at radius 3 is 2.57 bits per heavy atom. The zero-order valence-electron chi connectivity index (χ0n) is 13.5. The monoisotopic (exact) mass is 292 g/mol. The third kappa shape index (κ3) is 4.11. The van der Waals surface area contributed by atoms with Gasteiger partial charge in [-0.1, -0.05) is 13.0 Å². The number of benzene rings is 1. The molecule has 1 fully saturated rings. The van der Waals surface area contributed by atoms with Crippen LogP contribution >= 0.6 is 0 Å². The van der Waals surface area contributed by atoms with Crippen molar-refractivity contribution < 1.29 is 9.47 Å². The molecular formula is C17H28N2O2. The summed E-state index contributed by atoms with van der Waals surface area (Å²) in [6.45, 7) is 7.12. The summed E-state index contributed by atoms with van der Waals surface area (Å²) in [5.41, 5.74) is 7.41. The molecule has 1 aliphatic rings. The number of likely N-dealkylation sites (tertiary alicyclic amines) is 1. The average Bonchev–Trinajstić information content (AvgIpc) is 3.00. The molecule has 1 unspecified atom stereocenters. The van der Waals surface area contributed by atoms with Gasteiger partial charge in [0.1, 0.15) is 0 Å². The summed E-state index contributed by atoms with van der Waals surface area (Å²) >= 11 is 0. The number of methoxy groups -OCH3 is 1. The first-order valence-electron chi connectivity index (χ1n) is 7.90. The highest BCUT2D eigenvalue weighted by Gasteiger charge is 2.29. The van der Waals surface area contributed by atoms with Gasteiger partial charge in [0.05, 0.1) is 19.4 Å². The molecule has 1 aromatic carbocycles. The smallest absolute Gasteiger partial charge is 0.161 e. The molecule has 0 aliphatic carbocycles. The lowest BCUT2D eigenvalue weighted by atomic mass is 10.00. The van der Waals surface area contributed by atoms with Crippen molar-refractivity contribution in [3.63, 3.8) is 0 Å². The van der Waals surface area contributed by atoms with Crippen molar-refractivity contribution in [2.24, 2.45) is 5.73 Å². The van der Waals surface area contributed by atoms with Crippen molar-refractivity contribution in [3.8, 4) is 11.5 Å². The summed E-state index contributed by atoms with van der Waals surface area (Å²) in [5, 5.41) is 0. The predicted molar refractivity (Wildman–Crippen MR) is 85.9 cm³/mol. The Morgan fingerprint density at radius 1 is 1.24 bits per heavy atom. The number of rotatable bonds is 7. The van der Waals surface area contributed by atoms with E-state index in [9.17, 15) is 0 Å². The molecule has 0 aromatic heterocycles. The molecule has 2 rings (SSSR count). The van der Waals surface area contributed by atoms with E-state index in [1.54, 1.807) is 7.11 Å². The molecule has 0 radical (unpaired) electrons. The highest BCUT2D eigenvalue weighted by atomic mass is 16.5. The van der Waals surface area contributed by atoms with E-state index >= 15 is 0 Å². The van der Waals surface area contributed by atoms with Crippen LogP contribution in [-0.4, -0.2) is 37.4 Å². The molecule has 4 nitrogen and oxygen atoms in total. The fourth-order valence-electron chi connectivity index (χ4n) is 2.91. The fraction of sp³-hybridized carbons (Fsp3) is 0.647. The molecule has 1 atom stereocenters. The number of ether oxygens (including phenoxy) is 2. The van der Waals surface area contributed by atoms with Crippen LogP contribution in [0.5, 0.6) is 11.5 Å². The van der Waals surface area contributed by atoms with Gasteiger partial charge in [-0.2, -0.15) is 0 Å².